The number of sulfonamides is 1. The number of carbonyl (C=O) groups is 1. The number of nitrogens with one attached hydrogen (secondary N) is 1. The molecule has 27 heavy (non-hydrogen) atoms. The van der Waals surface area contributed by atoms with Gasteiger partial charge in [0.2, 0.25) is 5.88 Å². The molecule has 0 saturated heterocycles. The van der Waals surface area contributed by atoms with Gasteiger partial charge in [0, 0.05) is 23.2 Å². The average Bonchev–Trinajstić information content (AvgIpc) is 2.94. The van der Waals surface area contributed by atoms with Gasteiger partial charge >= 0.3 is 6.09 Å². The highest BCUT2D eigenvalue weighted by Crippen LogP contribution is 2.23. The van der Waals surface area contributed by atoms with E-state index in [9.17, 15) is 13.2 Å². The summed E-state index contributed by atoms with van der Waals surface area (Å²) in [6.45, 7) is 0.138. The fourth-order valence-corrected chi connectivity index (χ4v) is 3.08. The Labute approximate surface area is 165 Å². The first-order valence-corrected chi connectivity index (χ1v) is 9.58. The van der Waals surface area contributed by atoms with Crippen molar-refractivity contribution in [1.82, 2.24) is 14.5 Å². The Morgan fingerprint density at radius 2 is 2.11 bits per heavy atom. The molecular formula is C15H15Cl2N3O6S. The van der Waals surface area contributed by atoms with Gasteiger partial charge < -0.3 is 14.6 Å². The summed E-state index contributed by atoms with van der Waals surface area (Å²) < 4.78 is 36.2. The van der Waals surface area contributed by atoms with Gasteiger partial charge in [-0.05, 0) is 23.8 Å². The van der Waals surface area contributed by atoms with Crippen molar-refractivity contribution in [3.8, 4) is 5.88 Å². The molecular weight excluding hydrogens is 421 g/mol. The van der Waals surface area contributed by atoms with E-state index in [2.05, 4.69) is 5.10 Å². The summed E-state index contributed by atoms with van der Waals surface area (Å²) in [5.74, 6) is 0.185. The summed E-state index contributed by atoms with van der Waals surface area (Å²) in [5.41, 5.74) is 1.02. The molecule has 0 saturated carbocycles. The van der Waals surface area contributed by atoms with Gasteiger partial charge in [-0.3, -0.25) is 4.68 Å². The van der Waals surface area contributed by atoms with Gasteiger partial charge in [-0.1, -0.05) is 29.3 Å². The largest absolute Gasteiger partial charge is 0.464 e. The summed E-state index contributed by atoms with van der Waals surface area (Å²) in [5, 5.41) is 14.3. The molecule has 2 aromatic rings. The first-order chi connectivity index (χ1) is 12.7. The van der Waals surface area contributed by atoms with E-state index in [1.54, 1.807) is 18.2 Å². The molecule has 1 amide bonds. The van der Waals surface area contributed by atoms with Crippen molar-refractivity contribution >= 4 is 45.4 Å². The number of ether oxygens (including phenoxy) is 2. The van der Waals surface area contributed by atoms with E-state index in [1.165, 1.54) is 28.7 Å². The topological polar surface area (TPSA) is 120 Å². The molecule has 12 heteroatoms. The zero-order valence-electron chi connectivity index (χ0n) is 13.9. The second-order valence-electron chi connectivity index (χ2n) is 5.11. The van der Waals surface area contributed by atoms with Crippen LogP contribution in [0.25, 0.3) is 6.08 Å². The highest BCUT2D eigenvalue weighted by Gasteiger charge is 2.13. The Morgan fingerprint density at radius 1 is 1.37 bits per heavy atom. The Hall–Kier alpha value is -2.27. The maximum Gasteiger partial charge on any atom is 0.418 e. The normalized spacial score (nSPS) is 11.7. The van der Waals surface area contributed by atoms with Crippen LogP contribution in [0.1, 0.15) is 11.3 Å². The number of amides is 1. The van der Waals surface area contributed by atoms with Crippen LogP contribution < -0.4 is 9.46 Å². The zero-order chi connectivity index (χ0) is 20.0. The van der Waals surface area contributed by atoms with Crippen LogP contribution in [0, 0.1) is 0 Å². The molecule has 1 aromatic heterocycles. The highest BCUT2D eigenvalue weighted by atomic mass is 35.5. The molecule has 0 spiro atoms. The summed E-state index contributed by atoms with van der Waals surface area (Å²) in [4.78, 5) is 10.5. The lowest BCUT2D eigenvalue weighted by molar-refractivity contribution is 0.0473. The van der Waals surface area contributed by atoms with Crippen molar-refractivity contribution in [3.63, 3.8) is 0 Å². The van der Waals surface area contributed by atoms with Crippen LogP contribution in [-0.2, 0) is 21.3 Å². The second kappa shape index (κ2) is 9.09. The molecule has 146 valence electrons. The van der Waals surface area contributed by atoms with Gasteiger partial charge in [0.25, 0.3) is 10.0 Å². The van der Waals surface area contributed by atoms with Crippen molar-refractivity contribution in [2.24, 2.45) is 0 Å². The molecule has 1 aromatic carbocycles. The molecule has 2 rings (SSSR count). The summed E-state index contributed by atoms with van der Waals surface area (Å²) in [7, 11) is -2.73. The maximum absolute atomic E-state index is 11.7. The van der Waals surface area contributed by atoms with E-state index in [4.69, 9.17) is 37.8 Å². The van der Waals surface area contributed by atoms with Gasteiger partial charge in [-0.2, -0.15) is 0 Å². The smallest absolute Gasteiger partial charge is 0.418 e. The number of rotatable bonds is 8. The summed E-state index contributed by atoms with van der Waals surface area (Å²) in [6.07, 6.45) is -0.507. The third-order valence-electron chi connectivity index (χ3n) is 3.10. The zero-order valence-corrected chi connectivity index (χ0v) is 16.3. The number of benzene rings is 1. The predicted molar refractivity (Wildman–Crippen MR) is 99.4 cm³/mol. The minimum atomic E-state index is -4.17. The van der Waals surface area contributed by atoms with Crippen LogP contribution in [0.4, 0.5) is 4.79 Å². The summed E-state index contributed by atoms with van der Waals surface area (Å²) >= 11 is 12.0. The van der Waals surface area contributed by atoms with Gasteiger partial charge in [0.15, 0.2) is 6.79 Å². The van der Waals surface area contributed by atoms with Gasteiger partial charge in [0.1, 0.15) is 0 Å². The maximum atomic E-state index is 11.7. The van der Waals surface area contributed by atoms with Crippen molar-refractivity contribution < 1.29 is 27.8 Å². The number of hydrogen-bond acceptors (Lipinski definition) is 6. The Morgan fingerprint density at radius 3 is 2.74 bits per heavy atom. The van der Waals surface area contributed by atoms with E-state index in [0.717, 1.165) is 0 Å². The molecule has 1 heterocycles. The molecule has 0 bridgehead atoms. The van der Waals surface area contributed by atoms with E-state index in [0.29, 0.717) is 26.7 Å². The van der Waals surface area contributed by atoms with Gasteiger partial charge in [0.05, 0.1) is 17.6 Å². The fraction of sp³-hybridized carbons (Fsp3) is 0.200. The number of hydrogen-bond donors (Lipinski definition) is 2. The van der Waals surface area contributed by atoms with Gasteiger partial charge in [-0.25, -0.2) is 17.9 Å². The molecule has 0 unspecified atom stereocenters. The molecule has 0 aliphatic rings. The van der Waals surface area contributed by atoms with Crippen LogP contribution >= 0.6 is 23.2 Å². The van der Waals surface area contributed by atoms with E-state index >= 15 is 0 Å². The Balaban J connectivity index is 2.34. The first kappa shape index (κ1) is 21.0. The minimum absolute atomic E-state index is 0.0548. The number of halogens is 2. The molecule has 9 nitrogen and oxygen atoms in total. The van der Waals surface area contributed by atoms with Crippen molar-refractivity contribution in [2.75, 3.05) is 13.9 Å². The fourth-order valence-electron chi connectivity index (χ4n) is 1.98. The highest BCUT2D eigenvalue weighted by molar-refractivity contribution is 7.93. The standard InChI is InChI=1S/C15H15Cl2N3O6S/c1-25-9-26-14-7-12(4-5-27(23,24)19-15(21)22)20(18-14)8-10-2-3-11(16)6-13(10)17/h2-7,19H,8-9H2,1H3,(H,21,22)/b5-4+. The van der Waals surface area contributed by atoms with Crippen molar-refractivity contribution in [2.45, 2.75) is 6.54 Å². The lowest BCUT2D eigenvalue weighted by atomic mass is 10.2. The number of aromatic nitrogens is 2. The predicted octanol–water partition coefficient (Wildman–Crippen LogP) is 2.79. The second-order valence-corrected chi connectivity index (χ2v) is 7.52. The minimum Gasteiger partial charge on any atom is -0.464 e. The third-order valence-corrected chi connectivity index (χ3v) is 4.64. The van der Waals surface area contributed by atoms with Crippen LogP contribution in [-0.4, -0.2) is 43.3 Å². The SMILES string of the molecule is COCOc1cc(/C=C/S(=O)(=O)NC(=O)O)n(Cc2ccc(Cl)cc2Cl)n1. The number of methoxy groups -OCH3 is 1. The monoisotopic (exact) mass is 435 g/mol. The van der Waals surface area contributed by atoms with Crippen LogP contribution in [0.2, 0.25) is 10.0 Å². The first-order valence-electron chi connectivity index (χ1n) is 7.27. The van der Waals surface area contributed by atoms with Crippen LogP contribution in [0.3, 0.4) is 0 Å². The van der Waals surface area contributed by atoms with Crippen molar-refractivity contribution in [3.05, 3.63) is 51.0 Å². The van der Waals surface area contributed by atoms with E-state index in [-0.39, 0.29) is 19.2 Å². The van der Waals surface area contributed by atoms with Crippen LogP contribution in [0.5, 0.6) is 5.88 Å². The summed E-state index contributed by atoms with van der Waals surface area (Å²) in [6, 6.07) is 6.40. The van der Waals surface area contributed by atoms with Crippen LogP contribution in [0.15, 0.2) is 29.7 Å². The molecule has 0 aliphatic heterocycles. The Bertz CT molecular complexity index is 958. The third kappa shape index (κ3) is 6.43. The number of nitrogens with zero attached hydrogens (tertiary/aromatic N) is 2. The molecule has 0 aliphatic carbocycles. The lowest BCUT2D eigenvalue weighted by Gasteiger charge is -2.07. The lowest BCUT2D eigenvalue weighted by Crippen LogP contribution is -2.26. The molecule has 0 radical (unpaired) electrons. The van der Waals surface area contributed by atoms with Gasteiger partial charge in [-0.15, -0.1) is 5.10 Å². The quantitative estimate of drug-likeness (QED) is 0.611. The molecule has 2 N–H and O–H groups in total. The molecule has 0 atom stereocenters. The molecule has 0 fully saturated rings. The van der Waals surface area contributed by atoms with E-state index < -0.39 is 16.1 Å². The van der Waals surface area contributed by atoms with E-state index in [1.807, 2.05) is 0 Å². The van der Waals surface area contributed by atoms with Crippen molar-refractivity contribution in [1.29, 1.82) is 0 Å². The Kier molecular flexibility index (Phi) is 7.08. The average molecular weight is 436 g/mol. The number of carboxylic acid groups (broad SMARTS) is 1.